The smallest absolute Gasteiger partial charge is 0.314 e. The molecular formula is C14H15BrO5. The number of halogens is 1. The fourth-order valence-electron chi connectivity index (χ4n) is 3.18. The van der Waals surface area contributed by atoms with E-state index in [9.17, 15) is 9.90 Å². The highest BCUT2D eigenvalue weighted by Gasteiger charge is 2.49. The highest BCUT2D eigenvalue weighted by molar-refractivity contribution is 9.10. The van der Waals surface area contributed by atoms with Gasteiger partial charge in [0.05, 0.1) is 17.1 Å². The minimum atomic E-state index is -0.951. The number of carboxylic acid groups (broad SMARTS) is 1. The van der Waals surface area contributed by atoms with Crippen LogP contribution in [0, 0.1) is 0 Å². The molecule has 0 bridgehead atoms. The monoisotopic (exact) mass is 342 g/mol. The van der Waals surface area contributed by atoms with Gasteiger partial charge >= 0.3 is 5.97 Å². The van der Waals surface area contributed by atoms with Crippen LogP contribution in [0.1, 0.15) is 31.2 Å². The number of carboxylic acids is 1. The molecule has 1 fully saturated rings. The number of fused-ring (bicyclic) bond motifs is 1. The van der Waals surface area contributed by atoms with Crippen LogP contribution in [0.25, 0.3) is 0 Å². The molecule has 108 valence electrons. The number of hydrogen-bond donors (Lipinski definition) is 1. The maximum absolute atomic E-state index is 11.9. The van der Waals surface area contributed by atoms with E-state index in [1.165, 1.54) is 7.11 Å². The van der Waals surface area contributed by atoms with E-state index in [4.69, 9.17) is 14.2 Å². The summed E-state index contributed by atoms with van der Waals surface area (Å²) in [5, 5.41) is 9.79. The minimum absolute atomic E-state index is 0.109. The molecule has 0 radical (unpaired) electrons. The lowest BCUT2D eigenvalue weighted by atomic mass is 9.77. The van der Waals surface area contributed by atoms with Gasteiger partial charge in [-0.15, -0.1) is 0 Å². The number of benzene rings is 1. The summed E-state index contributed by atoms with van der Waals surface area (Å²) in [5.74, 6) is 0.775. The normalized spacial score (nSPS) is 19.1. The third-order valence-electron chi connectivity index (χ3n) is 4.12. The molecule has 0 saturated heterocycles. The van der Waals surface area contributed by atoms with Crippen molar-refractivity contribution >= 4 is 21.9 Å². The lowest BCUT2D eigenvalue weighted by molar-refractivity contribution is -0.143. The number of carbonyl (C=O) groups is 1. The van der Waals surface area contributed by atoms with Gasteiger partial charge in [-0.3, -0.25) is 4.79 Å². The van der Waals surface area contributed by atoms with Gasteiger partial charge in [-0.2, -0.15) is 0 Å². The van der Waals surface area contributed by atoms with Crippen LogP contribution in [-0.2, 0) is 10.2 Å². The van der Waals surface area contributed by atoms with Crippen LogP contribution in [0.4, 0.5) is 0 Å². The van der Waals surface area contributed by atoms with Gasteiger partial charge in [0, 0.05) is 6.07 Å². The highest BCUT2D eigenvalue weighted by atomic mass is 79.9. The fraction of sp³-hybridized carbons (Fsp3) is 0.500. The molecule has 6 heteroatoms. The van der Waals surface area contributed by atoms with E-state index < -0.39 is 11.4 Å². The van der Waals surface area contributed by atoms with Crippen LogP contribution in [0.2, 0.25) is 0 Å². The fourth-order valence-corrected chi connectivity index (χ4v) is 3.75. The standard InChI is InChI=1S/C14H15BrO5/c1-18-11-8(15)6-9-12(20-7-19-9)10(11)14(13(16)17)4-2-3-5-14/h6H,2-5,7H2,1H3,(H,16,17). The van der Waals surface area contributed by atoms with Gasteiger partial charge in [0.1, 0.15) is 11.2 Å². The largest absolute Gasteiger partial charge is 0.495 e. The molecule has 5 nitrogen and oxygen atoms in total. The summed E-state index contributed by atoms with van der Waals surface area (Å²) >= 11 is 3.43. The average molecular weight is 343 g/mol. The first kappa shape index (κ1) is 13.5. The minimum Gasteiger partial charge on any atom is -0.495 e. The Hall–Kier alpha value is -1.43. The molecule has 1 aliphatic carbocycles. The van der Waals surface area contributed by atoms with Gasteiger partial charge in [0.25, 0.3) is 0 Å². The Morgan fingerprint density at radius 3 is 2.70 bits per heavy atom. The van der Waals surface area contributed by atoms with Crippen molar-refractivity contribution in [2.45, 2.75) is 31.1 Å². The van der Waals surface area contributed by atoms with E-state index in [2.05, 4.69) is 15.9 Å². The van der Waals surface area contributed by atoms with Gasteiger partial charge < -0.3 is 19.3 Å². The van der Waals surface area contributed by atoms with Gasteiger partial charge in [-0.1, -0.05) is 12.8 Å². The summed E-state index contributed by atoms with van der Waals surface area (Å²) in [4.78, 5) is 11.9. The lowest BCUT2D eigenvalue weighted by Crippen LogP contribution is -2.33. The van der Waals surface area contributed by atoms with Gasteiger partial charge in [-0.05, 0) is 28.8 Å². The molecular weight excluding hydrogens is 328 g/mol. The van der Waals surface area contributed by atoms with E-state index in [-0.39, 0.29) is 6.79 Å². The Morgan fingerprint density at radius 1 is 1.40 bits per heavy atom. The second kappa shape index (κ2) is 4.84. The van der Waals surface area contributed by atoms with Crippen molar-refractivity contribution in [2.75, 3.05) is 13.9 Å². The molecule has 1 aromatic rings. The zero-order chi connectivity index (χ0) is 14.3. The molecule has 0 spiro atoms. The van der Waals surface area contributed by atoms with E-state index in [1.807, 2.05) is 0 Å². The molecule has 1 N–H and O–H groups in total. The zero-order valence-corrected chi connectivity index (χ0v) is 12.7. The topological polar surface area (TPSA) is 65.0 Å². The molecule has 20 heavy (non-hydrogen) atoms. The first-order chi connectivity index (χ1) is 9.60. The Balaban J connectivity index is 2.29. The molecule has 0 unspecified atom stereocenters. The number of aliphatic carboxylic acids is 1. The summed E-state index contributed by atoms with van der Waals surface area (Å²) in [6.07, 6.45) is 2.95. The maximum atomic E-state index is 11.9. The molecule has 2 aliphatic rings. The first-order valence-electron chi connectivity index (χ1n) is 6.50. The van der Waals surface area contributed by atoms with Crippen LogP contribution >= 0.6 is 15.9 Å². The van der Waals surface area contributed by atoms with Crippen molar-refractivity contribution in [3.8, 4) is 17.2 Å². The molecule has 0 atom stereocenters. The predicted octanol–water partition coefficient (Wildman–Crippen LogP) is 3.08. The molecule has 1 aromatic carbocycles. The van der Waals surface area contributed by atoms with Crippen molar-refractivity contribution in [2.24, 2.45) is 0 Å². The van der Waals surface area contributed by atoms with E-state index >= 15 is 0 Å². The summed E-state index contributed by atoms with van der Waals surface area (Å²) < 4.78 is 17.1. The molecule has 1 saturated carbocycles. The SMILES string of the molecule is COc1c(Br)cc2c(c1C1(C(=O)O)CCCC1)OCO2. The Bertz CT molecular complexity index is 559. The molecule has 3 rings (SSSR count). The van der Waals surface area contributed by atoms with Gasteiger partial charge in [0.2, 0.25) is 6.79 Å². The number of hydrogen-bond acceptors (Lipinski definition) is 4. The van der Waals surface area contributed by atoms with Crippen LogP contribution in [-0.4, -0.2) is 25.0 Å². The molecule has 1 aliphatic heterocycles. The second-order valence-electron chi connectivity index (χ2n) is 5.09. The summed E-state index contributed by atoms with van der Waals surface area (Å²) in [7, 11) is 1.54. The number of methoxy groups -OCH3 is 1. The highest BCUT2D eigenvalue weighted by Crippen LogP contribution is 2.55. The first-order valence-corrected chi connectivity index (χ1v) is 7.29. The Morgan fingerprint density at radius 2 is 2.10 bits per heavy atom. The van der Waals surface area contributed by atoms with Crippen molar-refractivity contribution < 1.29 is 24.1 Å². The number of rotatable bonds is 3. The van der Waals surface area contributed by atoms with Crippen molar-refractivity contribution in [3.63, 3.8) is 0 Å². The number of ether oxygens (including phenoxy) is 3. The summed E-state index contributed by atoms with van der Waals surface area (Å²) in [6.45, 7) is 0.109. The van der Waals surface area contributed by atoms with E-state index in [1.54, 1.807) is 6.07 Å². The van der Waals surface area contributed by atoms with Crippen molar-refractivity contribution in [1.29, 1.82) is 0 Å². The van der Waals surface area contributed by atoms with Gasteiger partial charge in [-0.25, -0.2) is 0 Å². The second-order valence-corrected chi connectivity index (χ2v) is 5.95. The maximum Gasteiger partial charge on any atom is 0.314 e. The molecule has 0 aromatic heterocycles. The average Bonchev–Trinajstić information content (AvgIpc) is 3.06. The van der Waals surface area contributed by atoms with Crippen molar-refractivity contribution in [1.82, 2.24) is 0 Å². The van der Waals surface area contributed by atoms with Crippen LogP contribution < -0.4 is 14.2 Å². The van der Waals surface area contributed by atoms with E-state index in [0.717, 1.165) is 12.8 Å². The predicted molar refractivity (Wildman–Crippen MR) is 74.6 cm³/mol. The van der Waals surface area contributed by atoms with Crippen LogP contribution in [0.3, 0.4) is 0 Å². The zero-order valence-electron chi connectivity index (χ0n) is 11.1. The van der Waals surface area contributed by atoms with Crippen molar-refractivity contribution in [3.05, 3.63) is 16.1 Å². The van der Waals surface area contributed by atoms with Crippen LogP contribution in [0.15, 0.2) is 10.5 Å². The Labute approximate surface area is 125 Å². The van der Waals surface area contributed by atoms with Crippen LogP contribution in [0.5, 0.6) is 17.2 Å². The third kappa shape index (κ3) is 1.78. The third-order valence-corrected chi connectivity index (χ3v) is 4.71. The Kier molecular flexibility index (Phi) is 3.28. The molecule has 0 amide bonds. The quantitative estimate of drug-likeness (QED) is 0.914. The molecule has 1 heterocycles. The van der Waals surface area contributed by atoms with Gasteiger partial charge in [0.15, 0.2) is 11.5 Å². The summed E-state index contributed by atoms with van der Waals surface area (Å²) in [5.41, 5.74) is -0.348. The van der Waals surface area contributed by atoms with E-state index in [0.29, 0.717) is 40.1 Å². The lowest BCUT2D eigenvalue weighted by Gasteiger charge is -2.28. The summed E-state index contributed by atoms with van der Waals surface area (Å²) in [6, 6.07) is 1.76.